The first kappa shape index (κ1) is 11.7. The fourth-order valence-corrected chi connectivity index (χ4v) is 2.81. The average molecular weight is 246 g/mol. The van der Waals surface area contributed by atoms with Gasteiger partial charge in [-0.25, -0.2) is 0 Å². The summed E-state index contributed by atoms with van der Waals surface area (Å²) in [6.07, 6.45) is 1.13. The molecule has 2 atom stereocenters. The third-order valence-corrected chi connectivity index (χ3v) is 3.74. The van der Waals surface area contributed by atoms with E-state index in [0.29, 0.717) is 13.2 Å². The predicted molar refractivity (Wildman–Crippen MR) is 68.5 cm³/mol. The van der Waals surface area contributed by atoms with Gasteiger partial charge < -0.3 is 15.0 Å². The van der Waals surface area contributed by atoms with E-state index >= 15 is 0 Å². The van der Waals surface area contributed by atoms with Crippen molar-refractivity contribution >= 4 is 5.91 Å². The molecule has 18 heavy (non-hydrogen) atoms. The smallest absolute Gasteiger partial charge is 0.254 e. The second kappa shape index (κ2) is 5.08. The van der Waals surface area contributed by atoms with Gasteiger partial charge in [-0.3, -0.25) is 4.79 Å². The van der Waals surface area contributed by atoms with Crippen molar-refractivity contribution in [2.24, 2.45) is 0 Å². The molecule has 0 saturated carbocycles. The van der Waals surface area contributed by atoms with Gasteiger partial charge in [0.25, 0.3) is 5.91 Å². The predicted octanol–water partition coefficient (Wildman–Crippen LogP) is 0.889. The molecule has 1 amide bonds. The summed E-state index contributed by atoms with van der Waals surface area (Å²) >= 11 is 0. The number of nitrogens with one attached hydrogen (secondary N) is 1. The van der Waals surface area contributed by atoms with E-state index < -0.39 is 0 Å². The number of nitrogens with zero attached hydrogens (tertiary/aromatic N) is 1. The van der Waals surface area contributed by atoms with E-state index in [2.05, 4.69) is 5.32 Å². The molecule has 3 rings (SSSR count). The van der Waals surface area contributed by atoms with Gasteiger partial charge in [-0.1, -0.05) is 18.2 Å². The van der Waals surface area contributed by atoms with E-state index in [9.17, 15) is 4.79 Å². The van der Waals surface area contributed by atoms with Crippen LogP contribution < -0.4 is 5.32 Å². The first-order valence-electron chi connectivity index (χ1n) is 6.54. The summed E-state index contributed by atoms with van der Waals surface area (Å²) in [5, 5.41) is 3.32. The van der Waals surface area contributed by atoms with Gasteiger partial charge in [0.1, 0.15) is 0 Å². The molecule has 1 aromatic carbocycles. The number of ether oxygens (including phenoxy) is 1. The number of hydrogen-bond donors (Lipinski definition) is 1. The molecule has 4 nitrogen and oxygen atoms in total. The van der Waals surface area contributed by atoms with E-state index in [0.717, 1.165) is 25.1 Å². The summed E-state index contributed by atoms with van der Waals surface area (Å²) in [4.78, 5) is 14.5. The minimum Gasteiger partial charge on any atom is -0.373 e. The molecule has 0 radical (unpaired) electrons. The molecular weight excluding hydrogens is 228 g/mol. The second-order valence-electron chi connectivity index (χ2n) is 4.83. The number of hydrogen-bond acceptors (Lipinski definition) is 3. The average Bonchev–Trinajstić information content (AvgIpc) is 2.47. The lowest BCUT2D eigenvalue weighted by atomic mass is 9.99. The Hall–Kier alpha value is -1.39. The van der Waals surface area contributed by atoms with Crippen molar-refractivity contribution in [1.29, 1.82) is 0 Å². The van der Waals surface area contributed by atoms with Gasteiger partial charge in [0.15, 0.2) is 0 Å². The van der Waals surface area contributed by atoms with Gasteiger partial charge in [0.05, 0.1) is 18.8 Å². The number of benzene rings is 1. The Balaban J connectivity index is 1.80. The topological polar surface area (TPSA) is 41.6 Å². The Morgan fingerprint density at radius 1 is 1.33 bits per heavy atom. The van der Waals surface area contributed by atoms with Crippen molar-refractivity contribution in [1.82, 2.24) is 10.2 Å². The summed E-state index contributed by atoms with van der Waals surface area (Å²) in [5.41, 5.74) is 0.775. The molecule has 2 fully saturated rings. The molecule has 96 valence electrons. The third-order valence-electron chi connectivity index (χ3n) is 3.74. The SMILES string of the molecule is O=C(c1ccccc1)N1CCO[C@H]2CNCC[C@H]21. The van der Waals surface area contributed by atoms with E-state index in [1.165, 1.54) is 0 Å². The van der Waals surface area contributed by atoms with Crippen LogP contribution in [-0.4, -0.2) is 49.2 Å². The largest absolute Gasteiger partial charge is 0.373 e. The molecule has 1 N–H and O–H groups in total. The Morgan fingerprint density at radius 2 is 2.17 bits per heavy atom. The maximum Gasteiger partial charge on any atom is 0.254 e. The highest BCUT2D eigenvalue weighted by Gasteiger charge is 2.36. The van der Waals surface area contributed by atoms with Crippen LogP contribution in [0.1, 0.15) is 16.8 Å². The van der Waals surface area contributed by atoms with Gasteiger partial charge in [-0.2, -0.15) is 0 Å². The highest BCUT2D eigenvalue weighted by Crippen LogP contribution is 2.21. The lowest BCUT2D eigenvalue weighted by molar-refractivity contribution is -0.0685. The molecule has 0 aliphatic carbocycles. The fraction of sp³-hybridized carbons (Fsp3) is 0.500. The normalized spacial score (nSPS) is 27.7. The maximum absolute atomic E-state index is 12.5. The minimum absolute atomic E-state index is 0.135. The summed E-state index contributed by atoms with van der Waals surface area (Å²) in [7, 11) is 0. The highest BCUT2D eigenvalue weighted by atomic mass is 16.5. The maximum atomic E-state index is 12.5. The Labute approximate surface area is 107 Å². The molecule has 0 bridgehead atoms. The summed E-state index contributed by atoms with van der Waals surface area (Å²) in [6.45, 7) is 3.16. The number of fused-ring (bicyclic) bond motifs is 1. The van der Waals surface area contributed by atoms with Gasteiger partial charge in [0.2, 0.25) is 0 Å². The standard InChI is InChI=1S/C14H18N2O2/c17-14(11-4-2-1-3-5-11)16-8-9-18-13-10-15-7-6-12(13)16/h1-5,12-13,15H,6-10H2/t12-,13+/m1/s1. The quantitative estimate of drug-likeness (QED) is 0.800. The highest BCUT2D eigenvalue weighted by molar-refractivity contribution is 5.94. The first-order chi connectivity index (χ1) is 8.86. The Bertz CT molecular complexity index is 419. The number of carbonyl (C=O) groups excluding carboxylic acids is 1. The summed E-state index contributed by atoms with van der Waals surface area (Å²) in [5.74, 6) is 0.135. The second-order valence-corrected chi connectivity index (χ2v) is 4.83. The Morgan fingerprint density at radius 3 is 3.00 bits per heavy atom. The van der Waals surface area contributed by atoms with Gasteiger partial charge in [-0.15, -0.1) is 0 Å². The molecule has 0 spiro atoms. The minimum atomic E-state index is 0.135. The van der Waals surface area contributed by atoms with Gasteiger partial charge in [0, 0.05) is 18.7 Å². The summed E-state index contributed by atoms with van der Waals surface area (Å²) in [6, 6.07) is 9.75. The number of amides is 1. The van der Waals surface area contributed by atoms with E-state index in [1.54, 1.807) is 0 Å². The van der Waals surface area contributed by atoms with Crippen LogP contribution in [0, 0.1) is 0 Å². The van der Waals surface area contributed by atoms with Gasteiger partial charge in [-0.05, 0) is 25.1 Å². The molecule has 2 aliphatic rings. The van der Waals surface area contributed by atoms with Crippen molar-refractivity contribution in [3.63, 3.8) is 0 Å². The number of morpholine rings is 1. The van der Waals surface area contributed by atoms with Crippen LogP contribution in [0.15, 0.2) is 30.3 Å². The fourth-order valence-electron chi connectivity index (χ4n) is 2.81. The van der Waals surface area contributed by atoms with Crippen LogP contribution in [0.5, 0.6) is 0 Å². The van der Waals surface area contributed by atoms with E-state index in [4.69, 9.17) is 4.74 Å². The molecule has 2 aliphatic heterocycles. The van der Waals surface area contributed by atoms with Gasteiger partial charge >= 0.3 is 0 Å². The van der Waals surface area contributed by atoms with Crippen LogP contribution in [0.4, 0.5) is 0 Å². The monoisotopic (exact) mass is 246 g/mol. The molecule has 4 heteroatoms. The van der Waals surface area contributed by atoms with Crippen LogP contribution >= 0.6 is 0 Å². The number of piperidine rings is 1. The molecule has 0 unspecified atom stereocenters. The molecular formula is C14H18N2O2. The number of rotatable bonds is 1. The van der Waals surface area contributed by atoms with Crippen LogP contribution in [0.3, 0.4) is 0 Å². The van der Waals surface area contributed by atoms with Crippen molar-refractivity contribution in [2.75, 3.05) is 26.2 Å². The molecule has 2 heterocycles. The van der Waals surface area contributed by atoms with E-state index in [1.807, 2.05) is 35.2 Å². The lowest BCUT2D eigenvalue weighted by Crippen LogP contribution is -2.59. The van der Waals surface area contributed by atoms with E-state index in [-0.39, 0.29) is 18.1 Å². The third kappa shape index (κ3) is 2.13. The lowest BCUT2D eigenvalue weighted by Gasteiger charge is -2.44. The van der Waals surface area contributed by atoms with Crippen LogP contribution in [0.25, 0.3) is 0 Å². The Kier molecular flexibility index (Phi) is 3.30. The van der Waals surface area contributed by atoms with Crippen LogP contribution in [-0.2, 0) is 4.74 Å². The van der Waals surface area contributed by atoms with Crippen LogP contribution in [0.2, 0.25) is 0 Å². The van der Waals surface area contributed by atoms with Crippen molar-refractivity contribution < 1.29 is 9.53 Å². The molecule has 1 aromatic rings. The molecule has 2 saturated heterocycles. The zero-order chi connectivity index (χ0) is 12.4. The zero-order valence-corrected chi connectivity index (χ0v) is 10.3. The van der Waals surface area contributed by atoms with Crippen molar-refractivity contribution in [2.45, 2.75) is 18.6 Å². The first-order valence-corrected chi connectivity index (χ1v) is 6.54. The van der Waals surface area contributed by atoms with Crippen molar-refractivity contribution in [3.05, 3.63) is 35.9 Å². The van der Waals surface area contributed by atoms with Crippen molar-refractivity contribution in [3.8, 4) is 0 Å². The number of carbonyl (C=O) groups is 1. The summed E-state index contributed by atoms with van der Waals surface area (Å²) < 4.78 is 5.74. The molecule has 0 aromatic heterocycles. The zero-order valence-electron chi connectivity index (χ0n) is 10.3.